The molecule has 0 radical (unpaired) electrons. The minimum Gasteiger partial charge on any atom is -0.490 e. The summed E-state index contributed by atoms with van der Waals surface area (Å²) >= 11 is 0. The van der Waals surface area contributed by atoms with E-state index in [9.17, 15) is 5.11 Å². The molecule has 1 heterocycles. The van der Waals surface area contributed by atoms with Crippen molar-refractivity contribution in [3.05, 3.63) is 23.3 Å². The molecule has 3 heteroatoms. The van der Waals surface area contributed by atoms with Crippen LogP contribution in [0.25, 0.3) is 0 Å². The highest BCUT2D eigenvalue weighted by molar-refractivity contribution is 5.51. The Hall–Kier alpha value is -1.22. The lowest BCUT2D eigenvalue weighted by atomic mass is 10.0. The Morgan fingerprint density at radius 3 is 2.44 bits per heavy atom. The van der Waals surface area contributed by atoms with Gasteiger partial charge < -0.3 is 14.6 Å². The predicted octanol–water partition coefficient (Wildman–Crippen LogP) is 2.39. The topological polar surface area (TPSA) is 38.7 Å². The van der Waals surface area contributed by atoms with Crippen molar-refractivity contribution in [2.45, 2.75) is 31.8 Å². The molecule has 86 valence electrons. The summed E-state index contributed by atoms with van der Waals surface area (Å²) in [7, 11) is 0. The first-order valence-electron chi connectivity index (χ1n) is 5.87. The van der Waals surface area contributed by atoms with E-state index >= 15 is 0 Å². The number of fused-ring (bicyclic) bond motifs is 2. The van der Waals surface area contributed by atoms with Gasteiger partial charge in [0.15, 0.2) is 11.5 Å². The van der Waals surface area contributed by atoms with Crippen molar-refractivity contribution >= 4 is 0 Å². The number of hydrogen-bond acceptors (Lipinski definition) is 3. The predicted molar refractivity (Wildman–Crippen MR) is 60.0 cm³/mol. The molecule has 0 amide bonds. The number of aliphatic hydroxyl groups is 1. The van der Waals surface area contributed by atoms with Crippen LogP contribution in [0.15, 0.2) is 12.1 Å². The average Bonchev–Trinajstić information content (AvgIpc) is 2.47. The third-order valence-electron chi connectivity index (χ3n) is 3.42. The van der Waals surface area contributed by atoms with Crippen molar-refractivity contribution in [2.24, 2.45) is 0 Å². The largest absolute Gasteiger partial charge is 0.490 e. The van der Waals surface area contributed by atoms with E-state index in [2.05, 4.69) is 6.92 Å². The summed E-state index contributed by atoms with van der Waals surface area (Å²) in [4.78, 5) is 0. The lowest BCUT2D eigenvalue weighted by Gasteiger charge is -2.12. The van der Waals surface area contributed by atoms with Gasteiger partial charge in [-0.25, -0.2) is 0 Å². The highest BCUT2D eigenvalue weighted by Gasteiger charge is 2.29. The van der Waals surface area contributed by atoms with Crippen molar-refractivity contribution in [3.63, 3.8) is 0 Å². The SMILES string of the molecule is CC1CC(O)c2cc3c(cc21)OCCCO3. The van der Waals surface area contributed by atoms with Crippen LogP contribution in [0.5, 0.6) is 11.5 Å². The molecule has 0 saturated heterocycles. The zero-order valence-electron chi connectivity index (χ0n) is 9.40. The Balaban J connectivity index is 2.08. The molecule has 0 spiro atoms. The van der Waals surface area contributed by atoms with Gasteiger partial charge in [0, 0.05) is 6.42 Å². The second-order valence-electron chi connectivity index (χ2n) is 4.63. The van der Waals surface area contributed by atoms with E-state index in [4.69, 9.17) is 9.47 Å². The smallest absolute Gasteiger partial charge is 0.161 e. The molecule has 0 fully saturated rings. The number of benzene rings is 1. The van der Waals surface area contributed by atoms with E-state index in [1.807, 2.05) is 12.1 Å². The highest BCUT2D eigenvalue weighted by Crippen LogP contribution is 2.45. The zero-order valence-corrected chi connectivity index (χ0v) is 9.40. The molecule has 1 N–H and O–H groups in total. The van der Waals surface area contributed by atoms with Crippen molar-refractivity contribution in [1.82, 2.24) is 0 Å². The van der Waals surface area contributed by atoms with Crippen LogP contribution in [0.1, 0.15) is 42.9 Å². The number of ether oxygens (including phenoxy) is 2. The van der Waals surface area contributed by atoms with Crippen molar-refractivity contribution < 1.29 is 14.6 Å². The molecule has 2 unspecified atom stereocenters. The van der Waals surface area contributed by atoms with Gasteiger partial charge in [-0.2, -0.15) is 0 Å². The molecule has 2 aliphatic rings. The Bertz CT molecular complexity index is 377. The molecule has 1 aromatic rings. The first-order valence-corrected chi connectivity index (χ1v) is 5.87. The molecular weight excluding hydrogens is 204 g/mol. The summed E-state index contributed by atoms with van der Waals surface area (Å²) in [6, 6.07) is 3.99. The van der Waals surface area contributed by atoms with Gasteiger partial charge in [0.1, 0.15) is 0 Å². The van der Waals surface area contributed by atoms with Gasteiger partial charge in [-0.05, 0) is 35.6 Å². The Morgan fingerprint density at radius 1 is 1.12 bits per heavy atom. The quantitative estimate of drug-likeness (QED) is 0.729. The number of hydrogen-bond donors (Lipinski definition) is 1. The lowest BCUT2D eigenvalue weighted by molar-refractivity contribution is 0.174. The van der Waals surface area contributed by atoms with Gasteiger partial charge in [0.05, 0.1) is 19.3 Å². The van der Waals surface area contributed by atoms with E-state index < -0.39 is 0 Å². The van der Waals surface area contributed by atoms with E-state index in [0.717, 1.165) is 29.9 Å². The van der Waals surface area contributed by atoms with Gasteiger partial charge in [-0.3, -0.25) is 0 Å². The Kier molecular flexibility index (Phi) is 2.28. The maximum absolute atomic E-state index is 9.93. The van der Waals surface area contributed by atoms with Gasteiger partial charge in [-0.1, -0.05) is 6.92 Å². The number of rotatable bonds is 0. The highest BCUT2D eigenvalue weighted by atomic mass is 16.5. The molecule has 0 saturated carbocycles. The Labute approximate surface area is 95.0 Å². The van der Waals surface area contributed by atoms with E-state index in [0.29, 0.717) is 19.1 Å². The van der Waals surface area contributed by atoms with Gasteiger partial charge in [-0.15, -0.1) is 0 Å². The molecule has 1 aliphatic carbocycles. The summed E-state index contributed by atoms with van der Waals surface area (Å²) in [6.45, 7) is 3.54. The van der Waals surface area contributed by atoms with E-state index in [1.165, 1.54) is 5.56 Å². The van der Waals surface area contributed by atoms with Crippen LogP contribution >= 0.6 is 0 Å². The van der Waals surface area contributed by atoms with Crippen LogP contribution in [-0.2, 0) is 0 Å². The molecule has 0 bridgehead atoms. The molecule has 16 heavy (non-hydrogen) atoms. The van der Waals surface area contributed by atoms with Crippen LogP contribution in [0.3, 0.4) is 0 Å². The maximum Gasteiger partial charge on any atom is 0.161 e. The van der Waals surface area contributed by atoms with Crippen LogP contribution in [0, 0.1) is 0 Å². The van der Waals surface area contributed by atoms with Crippen molar-refractivity contribution in [3.8, 4) is 11.5 Å². The summed E-state index contributed by atoms with van der Waals surface area (Å²) in [5.74, 6) is 2.02. The standard InChI is InChI=1S/C13H16O3/c1-8-5-11(14)10-7-13-12(6-9(8)10)15-3-2-4-16-13/h6-8,11,14H,2-5H2,1H3. The lowest BCUT2D eigenvalue weighted by Crippen LogP contribution is -1.97. The van der Waals surface area contributed by atoms with Crippen LogP contribution in [-0.4, -0.2) is 18.3 Å². The normalized spacial score (nSPS) is 27.4. The molecule has 3 nitrogen and oxygen atoms in total. The molecule has 1 aliphatic heterocycles. The van der Waals surface area contributed by atoms with Crippen LogP contribution in [0.4, 0.5) is 0 Å². The van der Waals surface area contributed by atoms with Crippen LogP contribution < -0.4 is 9.47 Å². The van der Waals surface area contributed by atoms with Crippen molar-refractivity contribution in [2.75, 3.05) is 13.2 Å². The van der Waals surface area contributed by atoms with E-state index in [1.54, 1.807) is 0 Å². The fraction of sp³-hybridized carbons (Fsp3) is 0.538. The first kappa shape index (κ1) is 9.97. The Morgan fingerprint density at radius 2 is 1.75 bits per heavy atom. The molecule has 3 rings (SSSR count). The average molecular weight is 220 g/mol. The summed E-state index contributed by atoms with van der Waals surface area (Å²) in [5.41, 5.74) is 2.22. The van der Waals surface area contributed by atoms with Gasteiger partial charge in [0.2, 0.25) is 0 Å². The number of aliphatic hydroxyl groups excluding tert-OH is 1. The third kappa shape index (κ3) is 1.47. The second-order valence-corrected chi connectivity index (χ2v) is 4.63. The minimum absolute atomic E-state index is 0.345. The fourth-order valence-electron chi connectivity index (χ4n) is 2.54. The molecular formula is C13H16O3. The summed E-state index contributed by atoms with van der Waals surface area (Å²) in [6.07, 6.45) is 1.37. The summed E-state index contributed by atoms with van der Waals surface area (Å²) in [5, 5.41) is 9.93. The molecule has 2 atom stereocenters. The minimum atomic E-state index is -0.345. The first-order chi connectivity index (χ1) is 7.75. The third-order valence-corrected chi connectivity index (χ3v) is 3.42. The van der Waals surface area contributed by atoms with Crippen molar-refractivity contribution in [1.29, 1.82) is 0 Å². The van der Waals surface area contributed by atoms with Crippen LogP contribution in [0.2, 0.25) is 0 Å². The summed E-state index contributed by atoms with van der Waals surface area (Å²) < 4.78 is 11.3. The van der Waals surface area contributed by atoms with Gasteiger partial charge in [0.25, 0.3) is 0 Å². The fourth-order valence-corrected chi connectivity index (χ4v) is 2.54. The molecule has 1 aromatic carbocycles. The monoisotopic (exact) mass is 220 g/mol. The van der Waals surface area contributed by atoms with Gasteiger partial charge >= 0.3 is 0 Å². The zero-order chi connectivity index (χ0) is 11.1. The maximum atomic E-state index is 9.93. The van der Waals surface area contributed by atoms with E-state index in [-0.39, 0.29) is 6.10 Å². The second kappa shape index (κ2) is 3.67. The molecule has 0 aromatic heterocycles.